The molecule has 0 amide bonds. The Labute approximate surface area is 149 Å². The molecule has 6 unspecified atom stereocenters. The van der Waals surface area contributed by atoms with Crippen LogP contribution in [-0.2, 0) is 19.1 Å². The average Bonchev–Trinajstić information content (AvgIpc) is 2.97. The van der Waals surface area contributed by atoms with Crippen LogP contribution in [0.25, 0.3) is 0 Å². The molecule has 1 heterocycles. The van der Waals surface area contributed by atoms with Crippen molar-refractivity contribution in [3.8, 4) is 0 Å². The number of hydrogen-bond donors (Lipinski definition) is 0. The Bertz CT molecular complexity index is 566. The van der Waals surface area contributed by atoms with E-state index >= 15 is 0 Å². The van der Waals surface area contributed by atoms with Crippen molar-refractivity contribution in [3.05, 3.63) is 0 Å². The first kappa shape index (κ1) is 18.0. The third-order valence-corrected chi connectivity index (χ3v) is 6.94. The SMILES string of the molecule is CC(C)C(C)(CC(C)(C)C)C(=O)OC1C2CC3C1OC(=O)C3(Cl)C2. The van der Waals surface area contributed by atoms with Gasteiger partial charge in [-0.1, -0.05) is 34.6 Å². The van der Waals surface area contributed by atoms with E-state index in [-0.39, 0.29) is 47.3 Å². The maximum Gasteiger partial charge on any atom is 0.328 e. The van der Waals surface area contributed by atoms with E-state index in [1.165, 1.54) is 0 Å². The predicted molar refractivity (Wildman–Crippen MR) is 91.6 cm³/mol. The molecule has 0 radical (unpaired) electrons. The second-order valence-electron chi connectivity index (χ2n) is 9.72. The molecule has 1 saturated heterocycles. The molecule has 3 fully saturated rings. The number of alkyl halides is 1. The first-order valence-corrected chi connectivity index (χ1v) is 9.37. The molecule has 5 heteroatoms. The number of hydrogen-bond acceptors (Lipinski definition) is 4. The lowest BCUT2D eigenvalue weighted by molar-refractivity contribution is -0.175. The van der Waals surface area contributed by atoms with E-state index in [1.807, 2.05) is 6.92 Å². The lowest BCUT2D eigenvalue weighted by Crippen LogP contribution is -2.45. The standard InChI is InChI=1S/C19H29ClO4/c1-10(2)18(6,9-17(3,4)5)15(21)23-13-11-7-12-14(13)24-16(22)19(12,20)8-11/h10-14H,7-9H2,1-6H3. The van der Waals surface area contributed by atoms with Gasteiger partial charge in [-0.2, -0.15) is 0 Å². The van der Waals surface area contributed by atoms with Gasteiger partial charge in [-0.15, -0.1) is 11.6 Å². The second kappa shape index (κ2) is 5.36. The van der Waals surface area contributed by atoms with E-state index in [0.717, 1.165) is 12.8 Å². The summed E-state index contributed by atoms with van der Waals surface area (Å²) in [6, 6.07) is 0. The third kappa shape index (κ3) is 2.56. The van der Waals surface area contributed by atoms with E-state index in [0.29, 0.717) is 6.42 Å². The summed E-state index contributed by atoms with van der Waals surface area (Å²) in [7, 11) is 0. The van der Waals surface area contributed by atoms with E-state index < -0.39 is 10.3 Å². The molecule has 2 bridgehead atoms. The highest BCUT2D eigenvalue weighted by atomic mass is 35.5. The van der Waals surface area contributed by atoms with E-state index in [4.69, 9.17) is 21.1 Å². The van der Waals surface area contributed by atoms with E-state index in [2.05, 4.69) is 34.6 Å². The first-order valence-electron chi connectivity index (χ1n) is 8.99. The van der Waals surface area contributed by atoms with Crippen LogP contribution in [0.3, 0.4) is 0 Å². The summed E-state index contributed by atoms with van der Waals surface area (Å²) in [5, 5.41) is 0. The van der Waals surface area contributed by atoms with Crippen LogP contribution in [0.15, 0.2) is 0 Å². The largest absolute Gasteiger partial charge is 0.458 e. The van der Waals surface area contributed by atoms with Crippen molar-refractivity contribution >= 4 is 23.5 Å². The van der Waals surface area contributed by atoms with Crippen LogP contribution in [0.2, 0.25) is 0 Å². The van der Waals surface area contributed by atoms with Gasteiger partial charge in [0.05, 0.1) is 5.41 Å². The minimum Gasteiger partial charge on any atom is -0.458 e. The Morgan fingerprint density at radius 1 is 1.38 bits per heavy atom. The maximum absolute atomic E-state index is 13.1. The molecule has 6 atom stereocenters. The molecule has 2 saturated carbocycles. The van der Waals surface area contributed by atoms with Gasteiger partial charge in [0.1, 0.15) is 17.1 Å². The van der Waals surface area contributed by atoms with Gasteiger partial charge in [-0.05, 0) is 37.5 Å². The normalized spacial score (nSPS) is 39.9. The van der Waals surface area contributed by atoms with Crippen molar-refractivity contribution in [1.29, 1.82) is 0 Å². The van der Waals surface area contributed by atoms with Crippen molar-refractivity contribution in [2.24, 2.45) is 28.6 Å². The van der Waals surface area contributed by atoms with Crippen LogP contribution in [0, 0.1) is 28.6 Å². The molecular weight excluding hydrogens is 328 g/mol. The molecule has 3 aliphatic rings. The zero-order chi connectivity index (χ0) is 18.1. The number of ether oxygens (including phenoxy) is 2. The van der Waals surface area contributed by atoms with Crippen molar-refractivity contribution in [2.75, 3.05) is 0 Å². The van der Waals surface area contributed by atoms with Gasteiger partial charge in [0.2, 0.25) is 0 Å². The molecule has 24 heavy (non-hydrogen) atoms. The average molecular weight is 357 g/mol. The third-order valence-electron chi connectivity index (χ3n) is 6.35. The molecule has 0 aromatic heterocycles. The van der Waals surface area contributed by atoms with Gasteiger partial charge in [-0.25, -0.2) is 0 Å². The molecule has 136 valence electrons. The van der Waals surface area contributed by atoms with Crippen LogP contribution in [0.4, 0.5) is 0 Å². The summed E-state index contributed by atoms with van der Waals surface area (Å²) < 4.78 is 11.4. The molecule has 4 nitrogen and oxygen atoms in total. The van der Waals surface area contributed by atoms with Gasteiger partial charge in [0.15, 0.2) is 0 Å². The quantitative estimate of drug-likeness (QED) is 0.565. The summed E-state index contributed by atoms with van der Waals surface area (Å²) in [6.45, 7) is 12.5. The van der Waals surface area contributed by atoms with Crippen molar-refractivity contribution in [1.82, 2.24) is 0 Å². The number of carbonyl (C=O) groups excluding carboxylic acids is 2. The minimum atomic E-state index is -0.870. The number of rotatable bonds is 4. The topological polar surface area (TPSA) is 52.6 Å². The summed E-state index contributed by atoms with van der Waals surface area (Å²) in [4.78, 5) is 24.2. The van der Waals surface area contributed by atoms with Crippen molar-refractivity contribution in [2.45, 2.75) is 77.9 Å². The lowest BCUT2D eigenvalue weighted by atomic mass is 9.68. The number of carbonyl (C=O) groups is 2. The molecule has 0 spiro atoms. The Morgan fingerprint density at radius 3 is 2.54 bits per heavy atom. The van der Waals surface area contributed by atoms with Crippen LogP contribution in [-0.4, -0.2) is 29.0 Å². The van der Waals surface area contributed by atoms with Crippen molar-refractivity contribution < 1.29 is 19.1 Å². The zero-order valence-electron chi connectivity index (χ0n) is 15.5. The van der Waals surface area contributed by atoms with Gasteiger partial charge in [0.25, 0.3) is 0 Å². The fourth-order valence-corrected chi connectivity index (χ4v) is 5.37. The smallest absolute Gasteiger partial charge is 0.328 e. The second-order valence-corrected chi connectivity index (χ2v) is 10.4. The Hall–Kier alpha value is -0.770. The van der Waals surface area contributed by atoms with Gasteiger partial charge >= 0.3 is 11.9 Å². The Kier molecular flexibility index (Phi) is 4.03. The highest BCUT2D eigenvalue weighted by molar-refractivity contribution is 6.35. The van der Waals surface area contributed by atoms with Crippen LogP contribution in [0.1, 0.15) is 60.8 Å². The predicted octanol–water partition coefficient (Wildman–Crippen LogP) is 3.94. The summed E-state index contributed by atoms with van der Waals surface area (Å²) in [6.07, 6.45) is 1.43. The van der Waals surface area contributed by atoms with Crippen LogP contribution < -0.4 is 0 Å². The number of halogens is 1. The Balaban J connectivity index is 1.77. The highest BCUT2D eigenvalue weighted by Crippen LogP contribution is 2.61. The zero-order valence-corrected chi connectivity index (χ0v) is 16.3. The number of fused-ring (bicyclic) bond motifs is 1. The van der Waals surface area contributed by atoms with E-state index in [9.17, 15) is 9.59 Å². The summed E-state index contributed by atoms with van der Waals surface area (Å²) >= 11 is 6.46. The fourth-order valence-electron chi connectivity index (χ4n) is 4.91. The van der Waals surface area contributed by atoms with Crippen LogP contribution in [0.5, 0.6) is 0 Å². The molecule has 0 N–H and O–H groups in total. The van der Waals surface area contributed by atoms with Gasteiger partial charge < -0.3 is 9.47 Å². The monoisotopic (exact) mass is 356 g/mol. The Morgan fingerprint density at radius 2 is 2.00 bits per heavy atom. The molecule has 3 rings (SSSR count). The number of esters is 2. The first-order chi connectivity index (χ1) is 10.9. The summed E-state index contributed by atoms with van der Waals surface area (Å²) in [5.41, 5.74) is -0.529. The maximum atomic E-state index is 13.1. The molecule has 2 aliphatic carbocycles. The van der Waals surface area contributed by atoms with Crippen LogP contribution >= 0.6 is 11.6 Å². The van der Waals surface area contributed by atoms with Gasteiger partial charge in [-0.3, -0.25) is 9.59 Å². The fraction of sp³-hybridized carbons (Fsp3) is 0.895. The van der Waals surface area contributed by atoms with Crippen molar-refractivity contribution in [3.63, 3.8) is 0 Å². The van der Waals surface area contributed by atoms with E-state index in [1.54, 1.807) is 0 Å². The lowest BCUT2D eigenvalue weighted by Gasteiger charge is -2.39. The minimum absolute atomic E-state index is 0.0117. The molecular formula is C19H29ClO4. The molecule has 1 aliphatic heterocycles. The van der Waals surface area contributed by atoms with Gasteiger partial charge in [0, 0.05) is 11.8 Å². The summed E-state index contributed by atoms with van der Waals surface area (Å²) in [5.74, 6) is -0.211. The molecule has 0 aromatic rings. The highest BCUT2D eigenvalue weighted by Gasteiger charge is 2.71. The molecule has 0 aromatic carbocycles.